The van der Waals surface area contributed by atoms with Crippen LogP contribution in [-0.2, 0) is 7.05 Å². The third-order valence-electron chi connectivity index (χ3n) is 2.19. The minimum atomic E-state index is 0.726. The topological polar surface area (TPSA) is 54.6 Å². The first kappa shape index (κ1) is 10.3. The van der Waals surface area contributed by atoms with Crippen molar-refractivity contribution >= 4 is 17.2 Å². The molecule has 1 heterocycles. The molecule has 0 bridgehead atoms. The van der Waals surface area contributed by atoms with Crippen LogP contribution in [0, 0.1) is 0 Å². The van der Waals surface area contributed by atoms with E-state index >= 15 is 0 Å². The fourth-order valence-electron chi connectivity index (χ4n) is 1.27. The Morgan fingerprint density at radius 3 is 2.44 bits per heavy atom. The standard InChI is InChI=1S/C12H12N4/c1-16-9-3-2-4-12(16)15-14-11-7-5-10(13)6-8-11/h2-9,13H,1H3/p+1. The first-order valence-electron chi connectivity index (χ1n) is 4.97. The van der Waals surface area contributed by atoms with Crippen molar-refractivity contribution in [2.45, 2.75) is 0 Å². The van der Waals surface area contributed by atoms with Crippen LogP contribution in [0.2, 0.25) is 0 Å². The molecule has 0 atom stereocenters. The second-order valence-electron chi connectivity index (χ2n) is 3.46. The molecule has 0 amide bonds. The number of rotatable bonds is 2. The zero-order valence-electron chi connectivity index (χ0n) is 9.04. The van der Waals surface area contributed by atoms with Crippen molar-refractivity contribution in [3.8, 4) is 0 Å². The van der Waals surface area contributed by atoms with Crippen molar-refractivity contribution in [2.24, 2.45) is 17.3 Å². The molecule has 0 aliphatic carbocycles. The molecule has 4 nitrogen and oxygen atoms in total. The molecular formula is C12H13N4+. The maximum Gasteiger partial charge on any atom is 0.350 e. The van der Waals surface area contributed by atoms with Crippen molar-refractivity contribution in [1.82, 2.24) is 0 Å². The lowest BCUT2D eigenvalue weighted by molar-refractivity contribution is -0.658. The van der Waals surface area contributed by atoms with Gasteiger partial charge in [-0.2, -0.15) is 0 Å². The zero-order chi connectivity index (χ0) is 11.4. The minimum Gasteiger partial charge on any atom is -0.399 e. The van der Waals surface area contributed by atoms with Crippen molar-refractivity contribution < 1.29 is 4.57 Å². The Morgan fingerprint density at radius 1 is 1.00 bits per heavy atom. The molecule has 0 radical (unpaired) electrons. The first-order chi connectivity index (χ1) is 7.75. The lowest BCUT2D eigenvalue weighted by Gasteiger charge is -1.92. The van der Waals surface area contributed by atoms with Gasteiger partial charge in [0.05, 0.1) is 18.4 Å². The summed E-state index contributed by atoms with van der Waals surface area (Å²) >= 11 is 0. The van der Waals surface area contributed by atoms with Crippen LogP contribution >= 0.6 is 0 Å². The Balaban J connectivity index is 2.21. The summed E-state index contributed by atoms with van der Waals surface area (Å²) in [5.41, 5.74) is 7.10. The van der Waals surface area contributed by atoms with Crippen LogP contribution in [0.15, 0.2) is 58.9 Å². The van der Waals surface area contributed by atoms with Crippen LogP contribution in [-0.4, -0.2) is 0 Å². The van der Waals surface area contributed by atoms with Gasteiger partial charge in [0.2, 0.25) is 0 Å². The summed E-state index contributed by atoms with van der Waals surface area (Å²) < 4.78 is 1.90. The largest absolute Gasteiger partial charge is 0.399 e. The molecule has 0 aliphatic rings. The lowest BCUT2D eigenvalue weighted by Crippen LogP contribution is -2.26. The van der Waals surface area contributed by atoms with E-state index in [4.69, 9.17) is 5.73 Å². The summed E-state index contributed by atoms with van der Waals surface area (Å²) in [5, 5.41) is 8.28. The average molecular weight is 213 g/mol. The first-order valence-corrected chi connectivity index (χ1v) is 4.97. The Labute approximate surface area is 94.1 Å². The molecule has 2 N–H and O–H groups in total. The highest BCUT2D eigenvalue weighted by atomic mass is 15.2. The number of hydrogen-bond acceptors (Lipinski definition) is 3. The normalized spacial score (nSPS) is 10.8. The number of aryl methyl sites for hydroxylation is 1. The molecule has 0 saturated carbocycles. The van der Waals surface area contributed by atoms with Gasteiger partial charge in [0, 0.05) is 11.8 Å². The van der Waals surface area contributed by atoms with Gasteiger partial charge in [0.25, 0.3) is 0 Å². The Hall–Kier alpha value is -2.23. The van der Waals surface area contributed by atoms with E-state index in [2.05, 4.69) is 10.2 Å². The molecule has 2 aromatic rings. The Morgan fingerprint density at radius 2 is 1.75 bits per heavy atom. The van der Waals surface area contributed by atoms with Crippen molar-refractivity contribution in [2.75, 3.05) is 5.73 Å². The molecule has 0 saturated heterocycles. The van der Waals surface area contributed by atoms with E-state index in [1.54, 1.807) is 12.1 Å². The van der Waals surface area contributed by atoms with Crippen molar-refractivity contribution in [1.29, 1.82) is 0 Å². The van der Waals surface area contributed by atoms with E-state index in [-0.39, 0.29) is 0 Å². The quantitative estimate of drug-likeness (QED) is 0.465. The second kappa shape index (κ2) is 4.53. The van der Waals surface area contributed by atoms with Gasteiger partial charge < -0.3 is 5.73 Å². The maximum atomic E-state index is 5.58. The van der Waals surface area contributed by atoms with Crippen LogP contribution in [0.3, 0.4) is 0 Å². The Kier molecular flexibility index (Phi) is 2.91. The van der Waals surface area contributed by atoms with Crippen molar-refractivity contribution in [3.05, 3.63) is 48.7 Å². The number of nitrogen functional groups attached to an aromatic ring is 1. The van der Waals surface area contributed by atoms with Crippen LogP contribution in [0.25, 0.3) is 0 Å². The van der Waals surface area contributed by atoms with Crippen LogP contribution in [0.1, 0.15) is 0 Å². The smallest absolute Gasteiger partial charge is 0.350 e. The number of hydrogen-bond donors (Lipinski definition) is 1. The minimum absolute atomic E-state index is 0.726. The molecular weight excluding hydrogens is 200 g/mol. The predicted molar refractivity (Wildman–Crippen MR) is 62.6 cm³/mol. The molecule has 0 aliphatic heterocycles. The van der Waals surface area contributed by atoms with Crippen LogP contribution in [0.5, 0.6) is 0 Å². The number of anilines is 1. The molecule has 1 aromatic heterocycles. The van der Waals surface area contributed by atoms with E-state index in [1.165, 1.54) is 0 Å². The second-order valence-corrected chi connectivity index (χ2v) is 3.46. The number of aromatic nitrogens is 1. The highest BCUT2D eigenvalue weighted by Gasteiger charge is 2.03. The summed E-state index contributed by atoms with van der Waals surface area (Å²) in [6.45, 7) is 0. The molecule has 16 heavy (non-hydrogen) atoms. The SMILES string of the molecule is C[n+]1ccccc1/N=N/c1ccc(N)cc1. The summed E-state index contributed by atoms with van der Waals surface area (Å²) in [4.78, 5) is 0. The third kappa shape index (κ3) is 2.42. The summed E-state index contributed by atoms with van der Waals surface area (Å²) in [6, 6.07) is 13.1. The number of azo groups is 1. The number of nitrogens with two attached hydrogens (primary N) is 1. The fraction of sp³-hybridized carbons (Fsp3) is 0.0833. The predicted octanol–water partition coefficient (Wildman–Crippen LogP) is 2.51. The highest BCUT2D eigenvalue weighted by Crippen LogP contribution is 2.16. The molecule has 0 unspecified atom stereocenters. The van der Waals surface area contributed by atoms with E-state index in [9.17, 15) is 0 Å². The van der Waals surface area contributed by atoms with E-state index in [0.717, 1.165) is 17.2 Å². The number of benzene rings is 1. The van der Waals surface area contributed by atoms with Crippen LogP contribution in [0.4, 0.5) is 17.2 Å². The number of nitrogens with zero attached hydrogens (tertiary/aromatic N) is 3. The highest BCUT2D eigenvalue weighted by molar-refractivity contribution is 5.47. The van der Waals surface area contributed by atoms with E-state index < -0.39 is 0 Å². The van der Waals surface area contributed by atoms with Gasteiger partial charge in [0.15, 0.2) is 0 Å². The summed E-state index contributed by atoms with van der Waals surface area (Å²) in [6.07, 6.45) is 1.93. The van der Waals surface area contributed by atoms with E-state index in [1.807, 2.05) is 48.1 Å². The average Bonchev–Trinajstić information content (AvgIpc) is 2.30. The number of pyridine rings is 1. The molecule has 2 rings (SSSR count). The van der Waals surface area contributed by atoms with Crippen molar-refractivity contribution in [3.63, 3.8) is 0 Å². The lowest BCUT2D eigenvalue weighted by atomic mass is 10.3. The van der Waals surface area contributed by atoms with Gasteiger partial charge in [-0.15, -0.1) is 0 Å². The molecule has 80 valence electrons. The van der Waals surface area contributed by atoms with Gasteiger partial charge in [-0.1, -0.05) is 6.07 Å². The maximum absolute atomic E-state index is 5.58. The van der Waals surface area contributed by atoms with Gasteiger partial charge in [0.1, 0.15) is 5.69 Å². The monoisotopic (exact) mass is 213 g/mol. The van der Waals surface area contributed by atoms with Gasteiger partial charge in [-0.25, -0.2) is 4.57 Å². The molecule has 4 heteroatoms. The van der Waals surface area contributed by atoms with Crippen LogP contribution < -0.4 is 10.3 Å². The summed E-state index contributed by atoms with van der Waals surface area (Å²) in [7, 11) is 1.93. The van der Waals surface area contributed by atoms with Gasteiger partial charge >= 0.3 is 5.82 Å². The summed E-state index contributed by atoms with van der Waals surface area (Å²) in [5.74, 6) is 0.805. The fourth-order valence-corrected chi connectivity index (χ4v) is 1.27. The third-order valence-corrected chi connectivity index (χ3v) is 2.19. The van der Waals surface area contributed by atoms with E-state index in [0.29, 0.717) is 0 Å². The molecule has 0 fully saturated rings. The molecule has 1 aromatic carbocycles. The molecule has 0 spiro atoms. The van der Waals surface area contributed by atoms with Gasteiger partial charge in [-0.05, 0) is 35.4 Å². The zero-order valence-corrected chi connectivity index (χ0v) is 9.04. The Bertz CT molecular complexity index is 503. The van der Waals surface area contributed by atoms with Gasteiger partial charge in [-0.3, -0.25) is 0 Å².